The van der Waals surface area contributed by atoms with Gasteiger partial charge in [0.15, 0.2) is 11.5 Å². The fraction of sp³-hybridized carbons (Fsp3) is 0.296. The molecule has 0 bridgehead atoms. The fourth-order valence-electron chi connectivity index (χ4n) is 4.56. The Morgan fingerprint density at radius 2 is 1.58 bits per heavy atom. The van der Waals surface area contributed by atoms with Crippen LogP contribution in [0.5, 0.6) is 11.5 Å². The first-order valence-electron chi connectivity index (χ1n) is 12.0. The van der Waals surface area contributed by atoms with Crippen LogP contribution >= 0.6 is 0 Å². The number of carbonyl (C=O) groups excluding carboxylic acids is 3. The van der Waals surface area contributed by atoms with Crippen LogP contribution in [0.2, 0.25) is 0 Å². The van der Waals surface area contributed by atoms with Gasteiger partial charge in [-0.3, -0.25) is 19.8 Å². The highest BCUT2D eigenvalue weighted by molar-refractivity contribution is 6.07. The molecular formula is C27H28N4O5. The van der Waals surface area contributed by atoms with Crippen molar-refractivity contribution in [3.63, 3.8) is 0 Å². The highest BCUT2D eigenvalue weighted by Crippen LogP contribution is 2.32. The second kappa shape index (κ2) is 10.2. The molecule has 1 atom stereocenters. The molecule has 2 heterocycles. The maximum absolute atomic E-state index is 13.2. The number of hydrogen-bond donors (Lipinski definition) is 2. The van der Waals surface area contributed by atoms with E-state index in [2.05, 4.69) is 10.6 Å². The molecule has 5 rings (SSSR count). The van der Waals surface area contributed by atoms with Crippen LogP contribution in [-0.2, 0) is 4.79 Å². The van der Waals surface area contributed by atoms with Gasteiger partial charge in [0, 0.05) is 43.5 Å². The number of ether oxygens (including phenoxy) is 2. The van der Waals surface area contributed by atoms with Crippen LogP contribution in [0.3, 0.4) is 0 Å². The number of nitrogens with zero attached hydrogens (tertiary/aromatic N) is 2. The first-order chi connectivity index (χ1) is 17.5. The molecule has 0 aliphatic carbocycles. The van der Waals surface area contributed by atoms with Crippen molar-refractivity contribution in [2.75, 3.05) is 44.7 Å². The number of benzene rings is 3. The number of imide groups is 1. The van der Waals surface area contributed by atoms with E-state index >= 15 is 0 Å². The smallest absolute Gasteiger partial charge is 0.325 e. The van der Waals surface area contributed by atoms with Gasteiger partial charge in [0.1, 0.15) is 13.2 Å². The van der Waals surface area contributed by atoms with Gasteiger partial charge >= 0.3 is 6.03 Å². The molecule has 9 nitrogen and oxygen atoms in total. The van der Waals surface area contributed by atoms with Crippen molar-refractivity contribution >= 4 is 34.3 Å². The summed E-state index contributed by atoms with van der Waals surface area (Å²) in [5.41, 5.74) is 1.18. The molecule has 3 aromatic carbocycles. The number of amides is 4. The van der Waals surface area contributed by atoms with E-state index in [1.807, 2.05) is 52.3 Å². The molecule has 4 amide bonds. The van der Waals surface area contributed by atoms with Gasteiger partial charge in [-0.25, -0.2) is 4.79 Å². The monoisotopic (exact) mass is 488 g/mol. The SMILES string of the molecule is CC(C(=O)NC(=O)Nc1ccc2c(c1)OCCO2)N1CCN(C(=O)c2cccc3ccccc23)CC1. The molecule has 1 unspecified atom stereocenters. The summed E-state index contributed by atoms with van der Waals surface area (Å²) >= 11 is 0. The van der Waals surface area contributed by atoms with Crippen molar-refractivity contribution in [1.29, 1.82) is 0 Å². The average Bonchev–Trinajstić information content (AvgIpc) is 2.92. The lowest BCUT2D eigenvalue weighted by Gasteiger charge is -2.37. The van der Waals surface area contributed by atoms with Crippen LogP contribution in [0.1, 0.15) is 17.3 Å². The Kier molecular flexibility index (Phi) is 6.73. The first kappa shape index (κ1) is 23.6. The molecule has 1 saturated heterocycles. The molecule has 186 valence electrons. The lowest BCUT2D eigenvalue weighted by Crippen LogP contribution is -2.55. The third-order valence-electron chi connectivity index (χ3n) is 6.59. The van der Waals surface area contributed by atoms with Gasteiger partial charge in [-0.05, 0) is 35.9 Å². The molecule has 2 aliphatic heterocycles. The zero-order chi connectivity index (χ0) is 25.1. The molecular weight excluding hydrogens is 460 g/mol. The summed E-state index contributed by atoms with van der Waals surface area (Å²) in [7, 11) is 0. The largest absolute Gasteiger partial charge is 0.486 e. The highest BCUT2D eigenvalue weighted by Gasteiger charge is 2.29. The van der Waals surface area contributed by atoms with Gasteiger partial charge in [-0.2, -0.15) is 0 Å². The maximum Gasteiger partial charge on any atom is 0.325 e. The van der Waals surface area contributed by atoms with Crippen LogP contribution in [-0.4, -0.2) is 73.1 Å². The summed E-state index contributed by atoms with van der Waals surface area (Å²) in [4.78, 5) is 42.1. The predicted octanol–water partition coefficient (Wildman–Crippen LogP) is 3.11. The zero-order valence-electron chi connectivity index (χ0n) is 20.0. The Balaban J connectivity index is 1.14. The minimum atomic E-state index is -0.617. The van der Waals surface area contributed by atoms with E-state index in [-0.39, 0.29) is 5.91 Å². The minimum absolute atomic E-state index is 0.0117. The van der Waals surface area contributed by atoms with Crippen LogP contribution in [0.4, 0.5) is 10.5 Å². The van der Waals surface area contributed by atoms with Gasteiger partial charge in [0.25, 0.3) is 5.91 Å². The number of piperazine rings is 1. The van der Waals surface area contributed by atoms with Crippen molar-refractivity contribution in [3.8, 4) is 11.5 Å². The maximum atomic E-state index is 13.2. The Bertz CT molecular complexity index is 1300. The number of nitrogens with one attached hydrogen (secondary N) is 2. The molecule has 36 heavy (non-hydrogen) atoms. The number of anilines is 1. The molecule has 0 spiro atoms. The number of rotatable bonds is 4. The average molecular weight is 489 g/mol. The normalized spacial score (nSPS) is 16.3. The van der Waals surface area contributed by atoms with Crippen LogP contribution in [0.25, 0.3) is 10.8 Å². The highest BCUT2D eigenvalue weighted by atomic mass is 16.6. The molecule has 2 aliphatic rings. The Labute approximate surface area is 209 Å². The fourth-order valence-corrected chi connectivity index (χ4v) is 4.56. The van der Waals surface area contributed by atoms with Gasteiger partial charge in [0.2, 0.25) is 5.91 Å². The number of carbonyl (C=O) groups is 3. The van der Waals surface area contributed by atoms with E-state index in [0.717, 1.165) is 10.8 Å². The molecule has 0 radical (unpaired) electrons. The zero-order valence-corrected chi connectivity index (χ0v) is 20.0. The summed E-state index contributed by atoms with van der Waals surface area (Å²) < 4.78 is 11.0. The number of hydrogen-bond acceptors (Lipinski definition) is 6. The van der Waals surface area contributed by atoms with E-state index in [1.165, 1.54) is 0 Å². The van der Waals surface area contributed by atoms with E-state index in [9.17, 15) is 14.4 Å². The topological polar surface area (TPSA) is 100 Å². The van der Waals surface area contributed by atoms with E-state index in [1.54, 1.807) is 25.1 Å². The summed E-state index contributed by atoms with van der Waals surface area (Å²) in [6, 6.07) is 17.5. The molecule has 9 heteroatoms. The summed E-state index contributed by atoms with van der Waals surface area (Å²) in [6.45, 7) is 4.77. The number of urea groups is 1. The van der Waals surface area contributed by atoms with E-state index < -0.39 is 18.0 Å². The quantitative estimate of drug-likeness (QED) is 0.586. The van der Waals surface area contributed by atoms with Crippen LogP contribution < -0.4 is 20.1 Å². The standard InChI is InChI=1S/C27H28N4O5/c1-18(25(32)29-27(34)28-20-9-10-23-24(17-20)36-16-15-35-23)30-11-13-31(14-12-30)26(33)22-8-4-6-19-5-2-3-7-21(19)22/h2-10,17-18H,11-16H2,1H3,(H2,28,29,32,34). The second-order valence-electron chi connectivity index (χ2n) is 8.83. The summed E-state index contributed by atoms with van der Waals surface area (Å²) in [5.74, 6) is 0.755. The summed E-state index contributed by atoms with van der Waals surface area (Å²) in [5, 5.41) is 7.02. The molecule has 0 aromatic heterocycles. The Morgan fingerprint density at radius 3 is 2.39 bits per heavy atom. The van der Waals surface area contributed by atoms with E-state index in [4.69, 9.17) is 9.47 Å². The summed E-state index contributed by atoms with van der Waals surface area (Å²) in [6.07, 6.45) is 0. The molecule has 0 saturated carbocycles. The predicted molar refractivity (Wildman–Crippen MR) is 135 cm³/mol. The lowest BCUT2D eigenvalue weighted by atomic mass is 10.0. The Hall–Kier alpha value is -4.11. The van der Waals surface area contributed by atoms with E-state index in [0.29, 0.717) is 62.1 Å². The van der Waals surface area contributed by atoms with Gasteiger partial charge in [-0.1, -0.05) is 36.4 Å². The van der Waals surface area contributed by atoms with Gasteiger partial charge in [-0.15, -0.1) is 0 Å². The third kappa shape index (κ3) is 4.96. The van der Waals surface area contributed by atoms with Gasteiger partial charge < -0.3 is 19.7 Å². The minimum Gasteiger partial charge on any atom is -0.486 e. The Morgan fingerprint density at radius 1 is 0.861 bits per heavy atom. The van der Waals surface area contributed by atoms with Crippen LogP contribution in [0.15, 0.2) is 60.7 Å². The molecule has 1 fully saturated rings. The van der Waals surface area contributed by atoms with Crippen molar-refractivity contribution in [2.24, 2.45) is 0 Å². The van der Waals surface area contributed by atoms with Crippen molar-refractivity contribution in [3.05, 3.63) is 66.2 Å². The lowest BCUT2D eigenvalue weighted by molar-refractivity contribution is -0.125. The number of fused-ring (bicyclic) bond motifs is 2. The second-order valence-corrected chi connectivity index (χ2v) is 8.83. The van der Waals surface area contributed by atoms with Crippen molar-refractivity contribution < 1.29 is 23.9 Å². The van der Waals surface area contributed by atoms with Crippen molar-refractivity contribution in [1.82, 2.24) is 15.1 Å². The van der Waals surface area contributed by atoms with Crippen molar-refractivity contribution in [2.45, 2.75) is 13.0 Å². The first-order valence-corrected chi connectivity index (χ1v) is 12.0. The van der Waals surface area contributed by atoms with Crippen LogP contribution in [0, 0.1) is 0 Å². The third-order valence-corrected chi connectivity index (χ3v) is 6.59. The molecule has 2 N–H and O–H groups in total. The molecule has 3 aromatic rings. The van der Waals surface area contributed by atoms with Gasteiger partial charge in [0.05, 0.1) is 6.04 Å².